The van der Waals surface area contributed by atoms with Crippen molar-refractivity contribution < 1.29 is 5.11 Å². The highest BCUT2D eigenvalue weighted by molar-refractivity contribution is 5.74. The minimum atomic E-state index is -0.451. The molecule has 0 amide bonds. The summed E-state index contributed by atoms with van der Waals surface area (Å²) in [5, 5.41) is 9.38. The fourth-order valence-electron chi connectivity index (χ4n) is 1.39. The third-order valence-electron chi connectivity index (χ3n) is 2.50. The van der Waals surface area contributed by atoms with Crippen molar-refractivity contribution in [2.45, 2.75) is 20.0 Å². The Labute approximate surface area is 94.5 Å². The lowest BCUT2D eigenvalue weighted by molar-refractivity contribution is 0.232. The van der Waals surface area contributed by atoms with E-state index in [0.29, 0.717) is 0 Å². The van der Waals surface area contributed by atoms with Gasteiger partial charge in [0.05, 0.1) is 29.0 Å². The Balaban J connectivity index is 2.44. The first-order chi connectivity index (χ1) is 7.66. The van der Waals surface area contributed by atoms with Gasteiger partial charge in [0.2, 0.25) is 0 Å². The molecule has 3 heteroatoms. The van der Waals surface area contributed by atoms with Crippen LogP contribution in [0.15, 0.2) is 36.0 Å². The Kier molecular flexibility index (Phi) is 2.97. The fraction of sp³-hybridized carbons (Fsp3) is 0.231. The second kappa shape index (κ2) is 4.41. The lowest BCUT2D eigenvalue weighted by Gasteiger charge is -2.04. The number of para-hydroxylation sites is 2. The Morgan fingerprint density at radius 3 is 2.69 bits per heavy atom. The van der Waals surface area contributed by atoms with Crippen molar-refractivity contribution >= 4 is 17.1 Å². The number of aromatic nitrogens is 2. The number of hydrogen-bond acceptors (Lipinski definition) is 3. The van der Waals surface area contributed by atoms with Crippen LogP contribution in [0.2, 0.25) is 0 Å². The van der Waals surface area contributed by atoms with E-state index in [1.165, 1.54) is 0 Å². The van der Waals surface area contributed by atoms with Crippen molar-refractivity contribution in [3.63, 3.8) is 0 Å². The van der Waals surface area contributed by atoms with Crippen molar-refractivity contribution in [1.29, 1.82) is 0 Å². The molecule has 0 spiro atoms. The summed E-state index contributed by atoms with van der Waals surface area (Å²) in [5.41, 5.74) is 3.41. The number of benzene rings is 1. The maximum Gasteiger partial charge on any atom is 0.0894 e. The monoisotopic (exact) mass is 214 g/mol. The van der Waals surface area contributed by atoms with Gasteiger partial charge in [0.15, 0.2) is 0 Å². The van der Waals surface area contributed by atoms with E-state index in [1.54, 1.807) is 13.1 Å². The molecule has 1 heterocycles. The highest BCUT2D eigenvalue weighted by atomic mass is 16.3. The molecule has 0 bridgehead atoms. The molecule has 0 aliphatic carbocycles. The molecule has 0 aliphatic heterocycles. The van der Waals surface area contributed by atoms with Gasteiger partial charge in [-0.25, -0.2) is 4.98 Å². The minimum absolute atomic E-state index is 0.451. The maximum absolute atomic E-state index is 9.38. The third kappa shape index (κ3) is 2.25. The molecule has 3 nitrogen and oxygen atoms in total. The van der Waals surface area contributed by atoms with Crippen molar-refractivity contribution in [1.82, 2.24) is 9.97 Å². The summed E-state index contributed by atoms with van der Waals surface area (Å²) in [5.74, 6) is 0. The van der Waals surface area contributed by atoms with Crippen LogP contribution in [0.4, 0.5) is 0 Å². The summed E-state index contributed by atoms with van der Waals surface area (Å²) >= 11 is 0. The van der Waals surface area contributed by atoms with Crippen molar-refractivity contribution in [3.8, 4) is 0 Å². The van der Waals surface area contributed by atoms with Gasteiger partial charge in [-0.15, -0.1) is 0 Å². The highest BCUT2D eigenvalue weighted by Gasteiger charge is 2.00. The topological polar surface area (TPSA) is 46.0 Å². The van der Waals surface area contributed by atoms with E-state index >= 15 is 0 Å². The third-order valence-corrected chi connectivity index (χ3v) is 2.50. The maximum atomic E-state index is 9.38. The van der Waals surface area contributed by atoms with Gasteiger partial charge < -0.3 is 5.11 Å². The molecule has 0 saturated carbocycles. The standard InChI is InChI=1S/C13H14N2O/c1-9(10(2)16)7-11-8-14-12-5-3-4-6-13(12)15-11/h3-8,10,16H,1-2H3/b9-7+. The lowest BCUT2D eigenvalue weighted by Crippen LogP contribution is -2.00. The van der Waals surface area contributed by atoms with Crippen LogP contribution in [0.5, 0.6) is 0 Å². The van der Waals surface area contributed by atoms with Crippen molar-refractivity contribution in [2.24, 2.45) is 0 Å². The Morgan fingerprint density at radius 2 is 2.00 bits per heavy atom. The minimum Gasteiger partial charge on any atom is -0.389 e. The predicted molar refractivity (Wildman–Crippen MR) is 64.9 cm³/mol. The zero-order valence-electron chi connectivity index (χ0n) is 9.38. The zero-order valence-corrected chi connectivity index (χ0v) is 9.38. The molecule has 1 unspecified atom stereocenters. The van der Waals surface area contributed by atoms with Gasteiger partial charge in [0.25, 0.3) is 0 Å². The molecule has 1 aromatic carbocycles. The van der Waals surface area contributed by atoms with Crippen LogP contribution in [0.1, 0.15) is 19.5 Å². The first-order valence-corrected chi connectivity index (χ1v) is 5.25. The summed E-state index contributed by atoms with van der Waals surface area (Å²) in [6.07, 6.45) is 3.12. The number of hydrogen-bond donors (Lipinski definition) is 1. The number of rotatable bonds is 2. The van der Waals surface area contributed by atoms with E-state index in [2.05, 4.69) is 9.97 Å². The number of aliphatic hydroxyl groups is 1. The van der Waals surface area contributed by atoms with Gasteiger partial charge in [-0.3, -0.25) is 4.98 Å². The summed E-state index contributed by atoms with van der Waals surface area (Å²) in [6, 6.07) is 7.73. The van der Waals surface area contributed by atoms with Gasteiger partial charge in [-0.05, 0) is 37.6 Å². The SMILES string of the molecule is C/C(=C\c1cnc2ccccc2n1)C(C)O. The van der Waals surface area contributed by atoms with E-state index < -0.39 is 6.10 Å². The molecule has 2 rings (SSSR count). The second-order valence-electron chi connectivity index (χ2n) is 3.85. The molecule has 0 fully saturated rings. The molecule has 0 radical (unpaired) electrons. The van der Waals surface area contributed by atoms with Crippen LogP contribution < -0.4 is 0 Å². The van der Waals surface area contributed by atoms with Gasteiger partial charge in [0.1, 0.15) is 0 Å². The van der Waals surface area contributed by atoms with E-state index in [-0.39, 0.29) is 0 Å². The average molecular weight is 214 g/mol. The molecule has 16 heavy (non-hydrogen) atoms. The average Bonchev–Trinajstić information content (AvgIpc) is 2.28. The van der Waals surface area contributed by atoms with Crippen molar-refractivity contribution in [3.05, 3.63) is 41.7 Å². The van der Waals surface area contributed by atoms with Crippen LogP contribution in [0.3, 0.4) is 0 Å². The molecular weight excluding hydrogens is 200 g/mol. The first-order valence-electron chi connectivity index (χ1n) is 5.25. The van der Waals surface area contributed by atoms with Gasteiger partial charge in [-0.2, -0.15) is 0 Å². The molecule has 2 aromatic rings. The normalized spacial score (nSPS) is 14.1. The largest absolute Gasteiger partial charge is 0.389 e. The molecule has 1 atom stereocenters. The Morgan fingerprint density at radius 1 is 1.31 bits per heavy atom. The number of aliphatic hydroxyl groups excluding tert-OH is 1. The molecule has 82 valence electrons. The predicted octanol–water partition coefficient (Wildman–Crippen LogP) is 2.41. The summed E-state index contributed by atoms with van der Waals surface area (Å²) < 4.78 is 0. The molecule has 1 N–H and O–H groups in total. The molecule has 1 aromatic heterocycles. The van der Waals surface area contributed by atoms with Gasteiger partial charge >= 0.3 is 0 Å². The highest BCUT2D eigenvalue weighted by Crippen LogP contribution is 2.11. The summed E-state index contributed by atoms with van der Waals surface area (Å²) in [7, 11) is 0. The van der Waals surface area contributed by atoms with Crippen LogP contribution in [-0.4, -0.2) is 21.2 Å². The molecule has 0 saturated heterocycles. The van der Waals surface area contributed by atoms with Crippen LogP contribution >= 0.6 is 0 Å². The molecular formula is C13H14N2O. The van der Waals surface area contributed by atoms with Crippen molar-refractivity contribution in [2.75, 3.05) is 0 Å². The van der Waals surface area contributed by atoms with Gasteiger partial charge in [0, 0.05) is 0 Å². The summed E-state index contributed by atoms with van der Waals surface area (Å²) in [4.78, 5) is 8.75. The fourth-order valence-corrected chi connectivity index (χ4v) is 1.39. The zero-order chi connectivity index (χ0) is 11.5. The summed E-state index contributed by atoms with van der Waals surface area (Å²) in [6.45, 7) is 3.61. The van der Waals surface area contributed by atoms with Crippen LogP contribution in [0.25, 0.3) is 17.1 Å². The smallest absolute Gasteiger partial charge is 0.0894 e. The Hall–Kier alpha value is -1.74. The number of fused-ring (bicyclic) bond motifs is 1. The van der Waals surface area contributed by atoms with Gasteiger partial charge in [-0.1, -0.05) is 12.1 Å². The lowest BCUT2D eigenvalue weighted by atomic mass is 10.1. The van der Waals surface area contributed by atoms with Crippen LogP contribution in [0, 0.1) is 0 Å². The molecule has 0 aliphatic rings. The van der Waals surface area contributed by atoms with E-state index in [1.807, 2.05) is 37.3 Å². The van der Waals surface area contributed by atoms with E-state index in [0.717, 1.165) is 22.3 Å². The van der Waals surface area contributed by atoms with E-state index in [9.17, 15) is 5.11 Å². The first kappa shape index (κ1) is 10.8. The Bertz CT molecular complexity index is 532. The second-order valence-corrected chi connectivity index (χ2v) is 3.85. The van der Waals surface area contributed by atoms with E-state index in [4.69, 9.17) is 0 Å². The number of nitrogens with zero attached hydrogens (tertiary/aromatic N) is 2. The van der Waals surface area contributed by atoms with Crippen LogP contribution in [-0.2, 0) is 0 Å². The quantitative estimate of drug-likeness (QED) is 0.835.